The summed E-state index contributed by atoms with van der Waals surface area (Å²) in [5.74, 6) is 0.142. The van der Waals surface area contributed by atoms with Crippen LogP contribution in [0.3, 0.4) is 0 Å². The van der Waals surface area contributed by atoms with Gasteiger partial charge >= 0.3 is 0 Å². The number of rotatable bonds is 4. The maximum absolute atomic E-state index is 12.6. The fourth-order valence-corrected chi connectivity index (χ4v) is 3.31. The van der Waals surface area contributed by atoms with Gasteiger partial charge in [-0.05, 0) is 37.8 Å². The van der Waals surface area contributed by atoms with Gasteiger partial charge in [-0.1, -0.05) is 5.16 Å². The Bertz CT molecular complexity index is 659. The first-order valence-corrected chi connectivity index (χ1v) is 7.82. The van der Waals surface area contributed by atoms with Crippen molar-refractivity contribution in [2.75, 3.05) is 6.54 Å². The quantitative estimate of drug-likeness (QED) is 0.868. The first-order chi connectivity index (χ1) is 10.6. The molecule has 22 heavy (non-hydrogen) atoms. The Labute approximate surface area is 134 Å². The SMILES string of the molecule is Cc1noc(Cl)c1CCC(=O)N1CCC[C@H]1c1cnn(C)c1. The molecule has 3 rings (SSSR count). The molecule has 1 aliphatic rings. The summed E-state index contributed by atoms with van der Waals surface area (Å²) in [5.41, 5.74) is 2.68. The van der Waals surface area contributed by atoms with Crippen molar-refractivity contribution >= 4 is 17.5 Å². The lowest BCUT2D eigenvalue weighted by Crippen LogP contribution is -2.30. The van der Waals surface area contributed by atoms with Crippen molar-refractivity contribution < 1.29 is 9.32 Å². The van der Waals surface area contributed by atoms with Crippen molar-refractivity contribution in [2.45, 2.75) is 38.6 Å². The van der Waals surface area contributed by atoms with Crippen LogP contribution in [0.15, 0.2) is 16.9 Å². The van der Waals surface area contributed by atoms with Crippen LogP contribution in [0.25, 0.3) is 0 Å². The second-order valence-corrected chi connectivity index (χ2v) is 6.06. The van der Waals surface area contributed by atoms with Gasteiger partial charge in [0.1, 0.15) is 0 Å². The van der Waals surface area contributed by atoms with Crippen LogP contribution >= 0.6 is 11.6 Å². The molecule has 118 valence electrons. The third-order valence-corrected chi connectivity index (χ3v) is 4.51. The number of carbonyl (C=O) groups excluding carboxylic acids is 1. The van der Waals surface area contributed by atoms with E-state index >= 15 is 0 Å². The van der Waals surface area contributed by atoms with Gasteiger partial charge in [-0.15, -0.1) is 0 Å². The second-order valence-electron chi connectivity index (χ2n) is 5.71. The number of hydrogen-bond donors (Lipinski definition) is 0. The molecule has 1 atom stereocenters. The number of likely N-dealkylation sites (tertiary alicyclic amines) is 1. The Morgan fingerprint density at radius 2 is 2.36 bits per heavy atom. The minimum atomic E-state index is 0.139. The van der Waals surface area contributed by atoms with Gasteiger partial charge in [0, 0.05) is 37.3 Å². The van der Waals surface area contributed by atoms with Crippen LogP contribution in [-0.2, 0) is 18.3 Å². The molecule has 6 nitrogen and oxygen atoms in total. The number of aryl methyl sites for hydroxylation is 2. The summed E-state index contributed by atoms with van der Waals surface area (Å²) >= 11 is 5.95. The van der Waals surface area contributed by atoms with Crippen molar-refractivity contribution in [2.24, 2.45) is 7.05 Å². The molecule has 0 bridgehead atoms. The van der Waals surface area contributed by atoms with Crippen LogP contribution in [0.1, 0.15) is 42.1 Å². The molecule has 1 fully saturated rings. The lowest BCUT2D eigenvalue weighted by molar-refractivity contribution is -0.132. The van der Waals surface area contributed by atoms with Crippen molar-refractivity contribution in [1.82, 2.24) is 19.8 Å². The van der Waals surface area contributed by atoms with Gasteiger partial charge in [-0.3, -0.25) is 9.48 Å². The molecular formula is C15H19ClN4O2. The Morgan fingerprint density at radius 1 is 1.55 bits per heavy atom. The van der Waals surface area contributed by atoms with E-state index in [0.29, 0.717) is 12.8 Å². The molecule has 0 radical (unpaired) electrons. The maximum Gasteiger partial charge on any atom is 0.229 e. The number of halogens is 1. The van der Waals surface area contributed by atoms with E-state index in [0.717, 1.165) is 36.2 Å². The summed E-state index contributed by atoms with van der Waals surface area (Å²) in [5, 5.41) is 8.31. The molecule has 7 heteroatoms. The highest BCUT2D eigenvalue weighted by molar-refractivity contribution is 6.29. The molecule has 0 aromatic carbocycles. The molecule has 1 amide bonds. The molecule has 0 aliphatic carbocycles. The minimum absolute atomic E-state index is 0.139. The van der Waals surface area contributed by atoms with E-state index in [9.17, 15) is 4.79 Å². The van der Waals surface area contributed by atoms with Gasteiger partial charge in [0.05, 0.1) is 17.9 Å². The number of carbonyl (C=O) groups is 1. The van der Waals surface area contributed by atoms with Crippen molar-refractivity contribution in [3.05, 3.63) is 34.4 Å². The van der Waals surface area contributed by atoms with E-state index < -0.39 is 0 Å². The predicted molar refractivity (Wildman–Crippen MR) is 81.5 cm³/mol. The van der Waals surface area contributed by atoms with Crippen LogP contribution in [0.5, 0.6) is 0 Å². The highest BCUT2D eigenvalue weighted by atomic mass is 35.5. The Kier molecular flexibility index (Phi) is 4.20. The van der Waals surface area contributed by atoms with Gasteiger partial charge in [-0.25, -0.2) is 0 Å². The zero-order chi connectivity index (χ0) is 15.7. The highest BCUT2D eigenvalue weighted by Crippen LogP contribution is 2.32. The van der Waals surface area contributed by atoms with E-state index in [1.54, 1.807) is 4.68 Å². The molecule has 0 unspecified atom stereocenters. The van der Waals surface area contributed by atoms with Crippen molar-refractivity contribution in [3.8, 4) is 0 Å². The molecule has 2 aromatic heterocycles. The molecule has 1 saturated heterocycles. The maximum atomic E-state index is 12.6. The smallest absolute Gasteiger partial charge is 0.229 e. The molecule has 0 N–H and O–H groups in total. The molecule has 1 aliphatic heterocycles. The number of nitrogens with zero attached hydrogens (tertiary/aromatic N) is 4. The minimum Gasteiger partial charge on any atom is -0.344 e. The van der Waals surface area contributed by atoms with E-state index in [-0.39, 0.29) is 17.2 Å². The van der Waals surface area contributed by atoms with Gasteiger partial charge in [-0.2, -0.15) is 5.10 Å². The van der Waals surface area contributed by atoms with Crippen LogP contribution in [0, 0.1) is 6.92 Å². The largest absolute Gasteiger partial charge is 0.344 e. The average molecular weight is 323 g/mol. The number of aromatic nitrogens is 3. The van der Waals surface area contributed by atoms with E-state index in [1.807, 2.05) is 31.3 Å². The predicted octanol–water partition coefficient (Wildman–Crippen LogP) is 2.67. The van der Waals surface area contributed by atoms with Crippen LogP contribution in [0.4, 0.5) is 0 Å². The molecule has 2 aromatic rings. The lowest BCUT2D eigenvalue weighted by atomic mass is 10.1. The van der Waals surface area contributed by atoms with Crippen LogP contribution in [0.2, 0.25) is 5.22 Å². The summed E-state index contributed by atoms with van der Waals surface area (Å²) in [6.45, 7) is 2.64. The molecule has 0 spiro atoms. The molecule has 0 saturated carbocycles. The van der Waals surface area contributed by atoms with Crippen LogP contribution < -0.4 is 0 Å². The van der Waals surface area contributed by atoms with E-state index in [1.165, 1.54) is 0 Å². The zero-order valence-corrected chi connectivity index (χ0v) is 13.5. The summed E-state index contributed by atoms with van der Waals surface area (Å²) in [7, 11) is 1.89. The van der Waals surface area contributed by atoms with E-state index in [2.05, 4.69) is 10.3 Å². The van der Waals surface area contributed by atoms with Crippen molar-refractivity contribution in [3.63, 3.8) is 0 Å². The van der Waals surface area contributed by atoms with Crippen molar-refractivity contribution in [1.29, 1.82) is 0 Å². The second kappa shape index (κ2) is 6.12. The Hall–Kier alpha value is -1.82. The Morgan fingerprint density at radius 3 is 3.00 bits per heavy atom. The Balaban J connectivity index is 1.66. The number of amides is 1. The number of hydrogen-bond acceptors (Lipinski definition) is 4. The summed E-state index contributed by atoms with van der Waals surface area (Å²) in [4.78, 5) is 14.5. The molecular weight excluding hydrogens is 304 g/mol. The summed E-state index contributed by atoms with van der Waals surface area (Å²) in [6, 6.07) is 0.139. The third kappa shape index (κ3) is 2.88. The van der Waals surface area contributed by atoms with Gasteiger partial charge in [0.15, 0.2) is 0 Å². The normalized spacial score (nSPS) is 18.1. The fourth-order valence-electron chi connectivity index (χ4n) is 3.04. The zero-order valence-electron chi connectivity index (χ0n) is 12.8. The summed E-state index contributed by atoms with van der Waals surface area (Å²) < 4.78 is 6.70. The monoisotopic (exact) mass is 322 g/mol. The third-order valence-electron chi connectivity index (χ3n) is 4.21. The average Bonchev–Trinajstić information content (AvgIpc) is 3.18. The standard InChI is InChI=1S/C15H19ClN4O2/c1-10-12(15(16)22-18-10)5-6-14(21)20-7-3-4-13(20)11-8-17-19(2)9-11/h8-9,13H,3-7H2,1-2H3/t13-/m0/s1. The summed E-state index contributed by atoms with van der Waals surface area (Å²) in [6.07, 6.45) is 6.82. The topological polar surface area (TPSA) is 64.2 Å². The van der Waals surface area contributed by atoms with Gasteiger partial charge < -0.3 is 9.42 Å². The first-order valence-electron chi connectivity index (χ1n) is 7.45. The van der Waals surface area contributed by atoms with Gasteiger partial charge in [0.2, 0.25) is 11.1 Å². The lowest BCUT2D eigenvalue weighted by Gasteiger charge is -2.24. The van der Waals surface area contributed by atoms with Crippen LogP contribution in [-0.4, -0.2) is 32.3 Å². The van der Waals surface area contributed by atoms with E-state index in [4.69, 9.17) is 16.1 Å². The first kappa shape index (κ1) is 15.1. The fraction of sp³-hybridized carbons (Fsp3) is 0.533. The van der Waals surface area contributed by atoms with Gasteiger partial charge in [0.25, 0.3) is 0 Å². The highest BCUT2D eigenvalue weighted by Gasteiger charge is 2.30. The molecule has 3 heterocycles.